The number of nitrogens with zero attached hydrogens (tertiary/aromatic N) is 2. The molecular weight excluding hydrogens is 206 g/mol. The number of pyridine rings is 1. The molecule has 0 saturated heterocycles. The lowest BCUT2D eigenvalue weighted by Gasteiger charge is -2.05. The van der Waals surface area contributed by atoms with E-state index in [0.717, 1.165) is 23.7 Å². The number of nitriles is 1. The van der Waals surface area contributed by atoms with Gasteiger partial charge >= 0.3 is 0 Å². The van der Waals surface area contributed by atoms with Crippen LogP contribution >= 0.6 is 11.8 Å². The highest BCUT2D eigenvalue weighted by atomic mass is 32.2. The van der Waals surface area contributed by atoms with E-state index in [2.05, 4.69) is 22.3 Å². The fourth-order valence-electron chi connectivity index (χ4n) is 1.02. The maximum atomic E-state index is 8.81. The fourth-order valence-corrected chi connectivity index (χ4v) is 1.53. The van der Waals surface area contributed by atoms with Crippen molar-refractivity contribution in [1.29, 1.82) is 5.26 Å². The van der Waals surface area contributed by atoms with Gasteiger partial charge in [-0.3, -0.25) is 4.98 Å². The lowest BCUT2D eigenvalue weighted by Crippen LogP contribution is -2.06. The first-order valence-electron chi connectivity index (χ1n) is 4.47. The van der Waals surface area contributed by atoms with Crippen LogP contribution < -0.4 is 5.32 Å². The quantitative estimate of drug-likeness (QED) is 0.603. The molecule has 4 heteroatoms. The molecule has 0 unspecified atom stereocenters. The SMILES string of the molecule is C#CCSCCNc1cnccc1C#N. The molecule has 0 radical (unpaired) electrons. The predicted molar refractivity (Wildman–Crippen MR) is 63.6 cm³/mol. The highest BCUT2D eigenvalue weighted by Gasteiger charge is 1.99. The summed E-state index contributed by atoms with van der Waals surface area (Å²) < 4.78 is 0. The van der Waals surface area contributed by atoms with E-state index in [1.54, 1.807) is 30.2 Å². The van der Waals surface area contributed by atoms with E-state index in [1.807, 2.05) is 0 Å². The zero-order valence-corrected chi connectivity index (χ0v) is 9.05. The van der Waals surface area contributed by atoms with Crippen molar-refractivity contribution in [2.45, 2.75) is 0 Å². The molecule has 0 amide bonds. The van der Waals surface area contributed by atoms with Gasteiger partial charge in [0.25, 0.3) is 0 Å². The van der Waals surface area contributed by atoms with Gasteiger partial charge in [0.1, 0.15) is 6.07 Å². The summed E-state index contributed by atoms with van der Waals surface area (Å²) in [5.41, 5.74) is 1.40. The molecule has 15 heavy (non-hydrogen) atoms. The van der Waals surface area contributed by atoms with E-state index < -0.39 is 0 Å². The van der Waals surface area contributed by atoms with Gasteiger partial charge in [-0.15, -0.1) is 18.2 Å². The topological polar surface area (TPSA) is 48.7 Å². The minimum atomic E-state index is 0.618. The van der Waals surface area contributed by atoms with Crippen LogP contribution in [-0.4, -0.2) is 23.0 Å². The molecule has 3 nitrogen and oxygen atoms in total. The number of nitrogens with one attached hydrogen (secondary N) is 1. The summed E-state index contributed by atoms with van der Waals surface area (Å²) >= 11 is 1.68. The summed E-state index contributed by atoms with van der Waals surface area (Å²) in [7, 11) is 0. The van der Waals surface area contributed by atoms with Gasteiger partial charge in [0, 0.05) is 18.5 Å². The summed E-state index contributed by atoms with van der Waals surface area (Å²) in [6.07, 6.45) is 8.39. The Kier molecular flexibility index (Phi) is 5.14. The number of hydrogen-bond donors (Lipinski definition) is 1. The lowest BCUT2D eigenvalue weighted by molar-refractivity contribution is 1.20. The monoisotopic (exact) mass is 217 g/mol. The first kappa shape index (κ1) is 11.4. The second kappa shape index (κ2) is 6.75. The number of hydrogen-bond acceptors (Lipinski definition) is 4. The summed E-state index contributed by atoms with van der Waals surface area (Å²) in [6, 6.07) is 3.80. The smallest absolute Gasteiger partial charge is 0.101 e. The van der Waals surface area contributed by atoms with Crippen molar-refractivity contribution in [2.24, 2.45) is 0 Å². The Bertz CT molecular complexity index is 390. The first-order valence-corrected chi connectivity index (χ1v) is 5.63. The second-order valence-electron chi connectivity index (χ2n) is 2.72. The zero-order chi connectivity index (χ0) is 10.9. The van der Waals surface area contributed by atoms with Crippen molar-refractivity contribution in [3.63, 3.8) is 0 Å². The van der Waals surface area contributed by atoms with Crippen molar-refractivity contribution in [3.05, 3.63) is 24.0 Å². The zero-order valence-electron chi connectivity index (χ0n) is 8.23. The maximum Gasteiger partial charge on any atom is 0.101 e. The number of terminal acetylenes is 1. The number of aromatic nitrogens is 1. The van der Waals surface area contributed by atoms with Crippen LogP contribution in [0.4, 0.5) is 5.69 Å². The van der Waals surface area contributed by atoms with Crippen LogP contribution in [0.5, 0.6) is 0 Å². The van der Waals surface area contributed by atoms with Crippen molar-refractivity contribution in [3.8, 4) is 18.4 Å². The van der Waals surface area contributed by atoms with Gasteiger partial charge < -0.3 is 5.32 Å². The van der Waals surface area contributed by atoms with Crippen LogP contribution in [0.3, 0.4) is 0 Å². The average molecular weight is 217 g/mol. The van der Waals surface area contributed by atoms with Crippen LogP contribution in [0.1, 0.15) is 5.56 Å². The van der Waals surface area contributed by atoms with Crippen LogP contribution in [0, 0.1) is 23.7 Å². The Morgan fingerprint density at radius 1 is 1.60 bits per heavy atom. The molecule has 0 aliphatic carbocycles. The number of rotatable bonds is 5. The van der Waals surface area contributed by atoms with Gasteiger partial charge in [-0.1, -0.05) is 5.92 Å². The number of anilines is 1. The lowest BCUT2D eigenvalue weighted by atomic mass is 10.2. The molecule has 1 aromatic rings. The van der Waals surface area contributed by atoms with Gasteiger partial charge in [-0.05, 0) is 6.07 Å². The van der Waals surface area contributed by atoms with Gasteiger partial charge in [0.15, 0.2) is 0 Å². The van der Waals surface area contributed by atoms with Crippen molar-refractivity contribution < 1.29 is 0 Å². The molecule has 0 bridgehead atoms. The van der Waals surface area contributed by atoms with E-state index in [9.17, 15) is 0 Å². The molecule has 1 N–H and O–H groups in total. The van der Waals surface area contributed by atoms with Gasteiger partial charge in [0.05, 0.1) is 23.2 Å². The third kappa shape index (κ3) is 3.93. The Morgan fingerprint density at radius 3 is 3.20 bits per heavy atom. The fraction of sp³-hybridized carbons (Fsp3) is 0.273. The summed E-state index contributed by atoms with van der Waals surface area (Å²) in [4.78, 5) is 3.96. The largest absolute Gasteiger partial charge is 0.382 e. The van der Waals surface area contributed by atoms with Crippen molar-refractivity contribution in [1.82, 2.24) is 4.98 Å². The molecule has 0 saturated carbocycles. The third-order valence-corrected chi connectivity index (χ3v) is 2.55. The van der Waals surface area contributed by atoms with Gasteiger partial charge in [-0.25, -0.2) is 0 Å². The molecule has 0 aromatic carbocycles. The highest BCUT2D eigenvalue weighted by Crippen LogP contribution is 2.11. The normalized spacial score (nSPS) is 8.93. The molecule has 0 fully saturated rings. The molecule has 1 heterocycles. The van der Waals surface area contributed by atoms with E-state index in [-0.39, 0.29) is 0 Å². The van der Waals surface area contributed by atoms with E-state index in [1.165, 1.54) is 0 Å². The van der Waals surface area contributed by atoms with Gasteiger partial charge in [-0.2, -0.15) is 5.26 Å². The first-order chi connectivity index (χ1) is 7.38. The summed E-state index contributed by atoms with van der Waals surface area (Å²) in [5, 5.41) is 12.0. The third-order valence-electron chi connectivity index (χ3n) is 1.69. The van der Waals surface area contributed by atoms with E-state index in [4.69, 9.17) is 11.7 Å². The minimum absolute atomic E-state index is 0.618. The van der Waals surface area contributed by atoms with Crippen LogP contribution in [-0.2, 0) is 0 Å². The molecule has 1 rings (SSSR count). The highest BCUT2D eigenvalue weighted by molar-refractivity contribution is 7.99. The van der Waals surface area contributed by atoms with Crippen molar-refractivity contribution in [2.75, 3.05) is 23.4 Å². The molecular formula is C11H11N3S. The molecule has 0 aliphatic rings. The van der Waals surface area contributed by atoms with Gasteiger partial charge in [0.2, 0.25) is 0 Å². The molecule has 1 aromatic heterocycles. The summed E-state index contributed by atoms with van der Waals surface area (Å²) in [5.74, 6) is 4.20. The van der Waals surface area contributed by atoms with Crippen LogP contribution in [0.15, 0.2) is 18.5 Å². The molecule has 0 spiro atoms. The van der Waals surface area contributed by atoms with E-state index >= 15 is 0 Å². The van der Waals surface area contributed by atoms with Crippen LogP contribution in [0.2, 0.25) is 0 Å². The van der Waals surface area contributed by atoms with Crippen molar-refractivity contribution >= 4 is 17.4 Å². The second-order valence-corrected chi connectivity index (χ2v) is 3.82. The predicted octanol–water partition coefficient (Wildman–Crippen LogP) is 1.73. The Balaban J connectivity index is 2.38. The average Bonchev–Trinajstić information content (AvgIpc) is 2.29. The minimum Gasteiger partial charge on any atom is -0.382 e. The molecule has 76 valence electrons. The maximum absolute atomic E-state index is 8.81. The van der Waals surface area contributed by atoms with Crippen LogP contribution in [0.25, 0.3) is 0 Å². The number of thioether (sulfide) groups is 1. The Morgan fingerprint density at radius 2 is 2.47 bits per heavy atom. The van der Waals surface area contributed by atoms with E-state index in [0.29, 0.717) is 5.56 Å². The standard InChI is InChI=1S/C11H11N3S/c1-2-6-15-7-5-14-11-9-13-4-3-10(11)8-12/h1,3-4,9,14H,5-7H2. The summed E-state index contributed by atoms with van der Waals surface area (Å²) in [6.45, 7) is 0.784. The Hall–Kier alpha value is -1.65. The molecule has 0 aliphatic heterocycles. The Labute approximate surface area is 93.9 Å². The molecule has 0 atom stereocenters.